The smallest absolute Gasteiger partial charge is 0.254 e. The monoisotopic (exact) mass is 476 g/mol. The Morgan fingerprint density at radius 1 is 1.09 bits per heavy atom. The fourth-order valence-corrected chi connectivity index (χ4v) is 4.41. The highest BCUT2D eigenvalue weighted by atomic mass is 35.5. The van der Waals surface area contributed by atoms with Crippen molar-refractivity contribution in [1.29, 1.82) is 0 Å². The molecule has 0 aliphatic heterocycles. The highest BCUT2D eigenvalue weighted by Gasteiger charge is 2.26. The number of nitrogens with one attached hydrogen (secondary N) is 1. The van der Waals surface area contributed by atoms with Gasteiger partial charge in [0.15, 0.2) is 0 Å². The lowest BCUT2D eigenvalue weighted by molar-refractivity contribution is 0.0706. The van der Waals surface area contributed by atoms with Crippen LogP contribution in [0.25, 0.3) is 22.0 Å². The number of fused-ring (bicyclic) bond motifs is 1. The van der Waals surface area contributed by atoms with Crippen LogP contribution in [0.1, 0.15) is 28.9 Å². The molecular weight excluding hydrogens is 448 g/mol. The Bertz CT molecular complexity index is 1300. The third-order valence-electron chi connectivity index (χ3n) is 5.86. The van der Waals surface area contributed by atoms with Gasteiger partial charge in [-0.25, -0.2) is 0 Å². The Morgan fingerprint density at radius 3 is 2.62 bits per heavy atom. The molecular formula is C27H29ClN4O2. The van der Waals surface area contributed by atoms with E-state index in [-0.39, 0.29) is 11.9 Å². The molecule has 0 bridgehead atoms. The number of H-pyrrole nitrogens is 1. The molecule has 176 valence electrons. The topological polar surface area (TPSA) is 61.5 Å². The minimum absolute atomic E-state index is 0.0815. The van der Waals surface area contributed by atoms with Crippen LogP contribution in [-0.2, 0) is 0 Å². The molecule has 1 atom stereocenters. The Kier molecular flexibility index (Phi) is 7.20. The quantitative estimate of drug-likeness (QED) is 0.356. The number of aromatic nitrogens is 2. The lowest BCUT2D eigenvalue weighted by atomic mass is 9.99. The number of halogens is 1. The zero-order valence-electron chi connectivity index (χ0n) is 19.9. The summed E-state index contributed by atoms with van der Waals surface area (Å²) in [6.45, 7) is 3.09. The van der Waals surface area contributed by atoms with Gasteiger partial charge in [0.2, 0.25) is 0 Å². The summed E-state index contributed by atoms with van der Waals surface area (Å²) in [6.07, 6.45) is 1.80. The van der Waals surface area contributed by atoms with Crippen LogP contribution in [0.2, 0.25) is 5.02 Å². The Morgan fingerprint density at radius 2 is 1.88 bits per heavy atom. The summed E-state index contributed by atoms with van der Waals surface area (Å²) in [7, 11) is 5.85. The van der Waals surface area contributed by atoms with Crippen molar-refractivity contribution in [2.45, 2.75) is 13.0 Å². The molecule has 0 saturated heterocycles. The molecule has 0 aliphatic carbocycles. The zero-order valence-corrected chi connectivity index (χ0v) is 20.6. The van der Waals surface area contributed by atoms with E-state index in [4.69, 9.17) is 16.3 Å². The van der Waals surface area contributed by atoms with E-state index in [9.17, 15) is 4.79 Å². The maximum atomic E-state index is 13.7. The first-order valence-electron chi connectivity index (χ1n) is 11.3. The minimum atomic E-state index is -0.171. The molecule has 7 heteroatoms. The van der Waals surface area contributed by atoms with E-state index in [1.165, 1.54) is 0 Å². The fraction of sp³-hybridized carbons (Fsp3) is 0.259. The normalized spacial score (nSPS) is 12.2. The summed E-state index contributed by atoms with van der Waals surface area (Å²) in [4.78, 5) is 17.6. The van der Waals surface area contributed by atoms with E-state index in [1.807, 2.05) is 88.7 Å². The molecule has 0 saturated carbocycles. The highest BCUT2D eigenvalue weighted by Crippen LogP contribution is 2.34. The van der Waals surface area contributed by atoms with Gasteiger partial charge >= 0.3 is 0 Å². The Balaban J connectivity index is 1.71. The van der Waals surface area contributed by atoms with Crippen LogP contribution < -0.4 is 4.74 Å². The molecule has 4 rings (SSSR count). The Hall–Kier alpha value is -3.35. The van der Waals surface area contributed by atoms with E-state index in [1.54, 1.807) is 11.1 Å². The van der Waals surface area contributed by atoms with Crippen molar-refractivity contribution in [2.24, 2.45) is 0 Å². The van der Waals surface area contributed by atoms with Crippen molar-refractivity contribution >= 4 is 28.4 Å². The van der Waals surface area contributed by atoms with Gasteiger partial charge in [0.1, 0.15) is 5.75 Å². The van der Waals surface area contributed by atoms with E-state index < -0.39 is 0 Å². The summed E-state index contributed by atoms with van der Waals surface area (Å²) in [5.74, 6) is 0.575. The number of benzene rings is 3. The summed E-state index contributed by atoms with van der Waals surface area (Å²) < 4.78 is 5.92. The average molecular weight is 477 g/mol. The number of carbonyl (C=O) groups excluding carboxylic acids is 1. The summed E-state index contributed by atoms with van der Waals surface area (Å²) >= 11 is 6.20. The Labute approximate surface area is 205 Å². The maximum absolute atomic E-state index is 13.7. The van der Waals surface area contributed by atoms with Gasteiger partial charge in [-0.3, -0.25) is 9.89 Å². The molecule has 1 N–H and O–H groups in total. The van der Waals surface area contributed by atoms with E-state index >= 15 is 0 Å². The molecule has 34 heavy (non-hydrogen) atoms. The summed E-state index contributed by atoms with van der Waals surface area (Å²) in [5, 5.41) is 8.96. The van der Waals surface area contributed by atoms with Crippen LogP contribution in [0.4, 0.5) is 0 Å². The van der Waals surface area contributed by atoms with Crippen LogP contribution in [-0.4, -0.2) is 60.2 Å². The van der Waals surface area contributed by atoms with E-state index in [2.05, 4.69) is 15.1 Å². The van der Waals surface area contributed by atoms with E-state index in [0.29, 0.717) is 29.5 Å². The number of hydrogen-bond acceptors (Lipinski definition) is 4. The second-order valence-electron chi connectivity index (χ2n) is 8.53. The molecule has 0 spiro atoms. The van der Waals surface area contributed by atoms with Gasteiger partial charge in [0.05, 0.1) is 24.4 Å². The van der Waals surface area contributed by atoms with Crippen LogP contribution in [0.15, 0.2) is 66.9 Å². The number of para-hydroxylation sites is 1. The predicted molar refractivity (Wildman–Crippen MR) is 138 cm³/mol. The van der Waals surface area contributed by atoms with Crippen LogP contribution in [0, 0.1) is 0 Å². The summed E-state index contributed by atoms with van der Waals surface area (Å²) in [6, 6.07) is 19.1. The number of aromatic amines is 1. The second-order valence-corrected chi connectivity index (χ2v) is 8.97. The third-order valence-corrected chi connectivity index (χ3v) is 6.09. The summed E-state index contributed by atoms with van der Waals surface area (Å²) in [5.41, 5.74) is 4.38. The molecule has 1 aromatic heterocycles. The van der Waals surface area contributed by atoms with Crippen LogP contribution in [0.3, 0.4) is 0 Å². The van der Waals surface area contributed by atoms with Crippen molar-refractivity contribution in [2.75, 3.05) is 34.3 Å². The molecule has 3 aromatic carbocycles. The highest BCUT2D eigenvalue weighted by molar-refractivity contribution is 6.30. The molecule has 0 aliphatic rings. The lowest BCUT2D eigenvalue weighted by Gasteiger charge is -2.31. The SMILES string of the molecule is CCOc1cc(C(=O)N(C)[C@@H](CN(C)C)c2cccc3cn[nH]c23)ccc1-c1cccc(Cl)c1. The first-order valence-corrected chi connectivity index (χ1v) is 11.6. The van der Waals surface area contributed by atoms with Gasteiger partial charge < -0.3 is 14.5 Å². The van der Waals surface area contributed by atoms with Crippen molar-refractivity contribution in [3.63, 3.8) is 0 Å². The molecule has 4 aromatic rings. The van der Waals surface area contributed by atoms with Crippen molar-refractivity contribution in [3.8, 4) is 16.9 Å². The van der Waals surface area contributed by atoms with Gasteiger partial charge in [0, 0.05) is 40.7 Å². The zero-order chi connectivity index (χ0) is 24.2. The number of rotatable bonds is 8. The number of nitrogens with zero attached hydrogens (tertiary/aromatic N) is 3. The van der Waals surface area contributed by atoms with Crippen molar-refractivity contribution in [1.82, 2.24) is 20.0 Å². The van der Waals surface area contributed by atoms with Gasteiger partial charge in [-0.05, 0) is 56.9 Å². The number of amides is 1. The molecule has 1 heterocycles. The van der Waals surface area contributed by atoms with Gasteiger partial charge in [-0.15, -0.1) is 0 Å². The largest absolute Gasteiger partial charge is 0.493 e. The van der Waals surface area contributed by atoms with Crippen molar-refractivity contribution < 1.29 is 9.53 Å². The molecule has 0 fully saturated rings. The molecule has 6 nitrogen and oxygen atoms in total. The standard InChI is InChI=1S/C27H29ClN4O2/c1-5-34-25-15-19(12-13-22(25)18-8-6-10-21(28)14-18)27(33)32(4)24(17-31(2)3)23-11-7-9-20-16-29-30-26(20)23/h6-16,24H,5,17H2,1-4H3,(H,29,30)/t24-/m0/s1. The number of ether oxygens (including phenoxy) is 1. The van der Waals surface area contributed by atoms with Gasteiger partial charge in [0.25, 0.3) is 5.91 Å². The average Bonchev–Trinajstić information content (AvgIpc) is 3.31. The maximum Gasteiger partial charge on any atom is 0.254 e. The van der Waals surface area contributed by atoms with Crippen LogP contribution in [0.5, 0.6) is 5.75 Å². The molecule has 0 radical (unpaired) electrons. The third kappa shape index (κ3) is 4.93. The van der Waals surface area contributed by atoms with E-state index in [0.717, 1.165) is 27.6 Å². The van der Waals surface area contributed by atoms with Gasteiger partial charge in [-0.1, -0.05) is 41.9 Å². The minimum Gasteiger partial charge on any atom is -0.493 e. The van der Waals surface area contributed by atoms with Gasteiger partial charge in [-0.2, -0.15) is 5.10 Å². The lowest BCUT2D eigenvalue weighted by Crippen LogP contribution is -2.37. The molecule has 1 amide bonds. The fourth-order valence-electron chi connectivity index (χ4n) is 4.21. The predicted octanol–water partition coefficient (Wildman–Crippen LogP) is 5.66. The number of likely N-dealkylation sites (N-methyl/N-ethyl adjacent to an activating group) is 2. The number of carbonyl (C=O) groups is 1. The first-order chi connectivity index (χ1) is 16.4. The van der Waals surface area contributed by atoms with Crippen LogP contribution >= 0.6 is 11.6 Å². The molecule has 0 unspecified atom stereocenters. The number of hydrogen-bond donors (Lipinski definition) is 1. The first kappa shape index (κ1) is 23.8. The second kappa shape index (κ2) is 10.3. The van der Waals surface area contributed by atoms with Crippen molar-refractivity contribution in [3.05, 3.63) is 83.0 Å².